The standard InChI is InChI=1S/C15H11N/c1-2-13-9-6-10-15(11-13)16-12-14-7-4-3-5-8-14/h1,3-12H. The van der Waals surface area contributed by atoms with Crippen molar-refractivity contribution in [2.75, 3.05) is 0 Å². The van der Waals surface area contributed by atoms with Crippen molar-refractivity contribution in [3.05, 3.63) is 65.7 Å². The molecular formula is C15H11N. The highest BCUT2D eigenvalue weighted by Crippen LogP contribution is 2.13. The number of rotatable bonds is 2. The molecule has 0 fully saturated rings. The Kier molecular flexibility index (Phi) is 3.15. The first-order chi connectivity index (χ1) is 7.88. The minimum absolute atomic E-state index is 0.850. The van der Waals surface area contributed by atoms with Crippen LogP contribution in [0.15, 0.2) is 59.6 Å². The number of benzene rings is 2. The van der Waals surface area contributed by atoms with Gasteiger partial charge in [-0.1, -0.05) is 42.3 Å². The van der Waals surface area contributed by atoms with E-state index in [1.165, 1.54) is 0 Å². The van der Waals surface area contributed by atoms with E-state index in [-0.39, 0.29) is 0 Å². The van der Waals surface area contributed by atoms with Crippen LogP contribution in [0, 0.1) is 12.3 Å². The Morgan fingerprint density at radius 1 is 1.00 bits per heavy atom. The summed E-state index contributed by atoms with van der Waals surface area (Å²) in [4.78, 5) is 4.36. The van der Waals surface area contributed by atoms with Crippen LogP contribution in [0.2, 0.25) is 0 Å². The average Bonchev–Trinajstić information content (AvgIpc) is 2.38. The van der Waals surface area contributed by atoms with Crippen molar-refractivity contribution >= 4 is 11.9 Å². The first-order valence-electron chi connectivity index (χ1n) is 5.04. The fraction of sp³-hybridized carbons (Fsp3) is 0. The minimum atomic E-state index is 0.850. The quantitative estimate of drug-likeness (QED) is 0.526. The molecule has 0 radical (unpaired) electrons. The van der Waals surface area contributed by atoms with E-state index in [2.05, 4.69) is 10.9 Å². The zero-order valence-electron chi connectivity index (χ0n) is 8.80. The van der Waals surface area contributed by atoms with Crippen LogP contribution in [0.5, 0.6) is 0 Å². The van der Waals surface area contributed by atoms with Gasteiger partial charge in [-0.15, -0.1) is 6.42 Å². The summed E-state index contributed by atoms with van der Waals surface area (Å²) in [5.41, 5.74) is 2.80. The molecular weight excluding hydrogens is 194 g/mol. The monoisotopic (exact) mass is 205 g/mol. The maximum atomic E-state index is 5.32. The van der Waals surface area contributed by atoms with Crippen LogP contribution >= 0.6 is 0 Å². The molecule has 2 aromatic carbocycles. The van der Waals surface area contributed by atoms with Gasteiger partial charge in [-0.25, -0.2) is 0 Å². The summed E-state index contributed by atoms with van der Waals surface area (Å²) >= 11 is 0. The number of hydrogen-bond donors (Lipinski definition) is 0. The molecule has 0 amide bonds. The Morgan fingerprint density at radius 3 is 2.56 bits per heavy atom. The Morgan fingerprint density at radius 2 is 1.81 bits per heavy atom. The lowest BCUT2D eigenvalue weighted by Crippen LogP contribution is -1.78. The van der Waals surface area contributed by atoms with Crippen molar-refractivity contribution in [2.24, 2.45) is 4.99 Å². The van der Waals surface area contributed by atoms with E-state index in [1.807, 2.05) is 60.8 Å². The van der Waals surface area contributed by atoms with Crippen LogP contribution in [0.1, 0.15) is 11.1 Å². The lowest BCUT2D eigenvalue weighted by molar-refractivity contribution is 1.51. The summed E-state index contributed by atoms with van der Waals surface area (Å²) in [7, 11) is 0. The largest absolute Gasteiger partial charge is 0.256 e. The fourth-order valence-corrected chi connectivity index (χ4v) is 1.36. The molecule has 0 atom stereocenters. The molecule has 0 aliphatic heterocycles. The molecule has 0 aromatic heterocycles. The van der Waals surface area contributed by atoms with Crippen LogP contribution in [-0.4, -0.2) is 6.21 Å². The summed E-state index contributed by atoms with van der Waals surface area (Å²) < 4.78 is 0. The second-order valence-electron chi connectivity index (χ2n) is 3.36. The minimum Gasteiger partial charge on any atom is -0.256 e. The van der Waals surface area contributed by atoms with Crippen molar-refractivity contribution in [1.29, 1.82) is 0 Å². The summed E-state index contributed by atoms with van der Waals surface area (Å²) in [5, 5.41) is 0. The van der Waals surface area contributed by atoms with Crippen molar-refractivity contribution in [3.8, 4) is 12.3 Å². The van der Waals surface area contributed by atoms with Gasteiger partial charge in [-0.2, -0.15) is 0 Å². The smallest absolute Gasteiger partial charge is 0.0642 e. The highest BCUT2D eigenvalue weighted by molar-refractivity contribution is 5.81. The molecule has 0 N–H and O–H groups in total. The molecule has 1 nitrogen and oxygen atoms in total. The molecule has 0 spiro atoms. The maximum absolute atomic E-state index is 5.32. The van der Waals surface area contributed by atoms with Crippen molar-refractivity contribution in [2.45, 2.75) is 0 Å². The molecule has 0 bridgehead atoms. The second-order valence-corrected chi connectivity index (χ2v) is 3.36. The molecule has 1 heteroatoms. The summed E-state index contributed by atoms with van der Waals surface area (Å²) in [5.74, 6) is 2.59. The van der Waals surface area contributed by atoms with Crippen molar-refractivity contribution in [3.63, 3.8) is 0 Å². The fourth-order valence-electron chi connectivity index (χ4n) is 1.36. The third kappa shape index (κ3) is 2.59. The Bertz CT molecular complexity index is 533. The van der Waals surface area contributed by atoms with Gasteiger partial charge in [0, 0.05) is 11.8 Å². The number of terminal acetylenes is 1. The van der Waals surface area contributed by atoms with Crippen LogP contribution in [0.25, 0.3) is 0 Å². The third-order valence-corrected chi connectivity index (χ3v) is 2.18. The van der Waals surface area contributed by atoms with E-state index in [1.54, 1.807) is 0 Å². The summed E-state index contributed by atoms with van der Waals surface area (Å²) in [6, 6.07) is 17.6. The van der Waals surface area contributed by atoms with E-state index < -0.39 is 0 Å². The van der Waals surface area contributed by atoms with Crippen molar-refractivity contribution < 1.29 is 0 Å². The molecule has 2 rings (SSSR count). The van der Waals surface area contributed by atoms with E-state index in [9.17, 15) is 0 Å². The van der Waals surface area contributed by atoms with Crippen LogP contribution in [0.3, 0.4) is 0 Å². The zero-order chi connectivity index (χ0) is 11.2. The second kappa shape index (κ2) is 4.95. The predicted octanol–water partition coefficient (Wildman–Crippen LogP) is 3.42. The molecule has 0 saturated carbocycles. The van der Waals surface area contributed by atoms with E-state index in [0.29, 0.717) is 0 Å². The number of aliphatic imine (C=N–C) groups is 1. The van der Waals surface area contributed by atoms with Gasteiger partial charge in [-0.05, 0) is 23.8 Å². The highest BCUT2D eigenvalue weighted by atomic mass is 14.7. The van der Waals surface area contributed by atoms with Gasteiger partial charge in [-0.3, -0.25) is 4.99 Å². The topological polar surface area (TPSA) is 12.4 Å². The lowest BCUT2D eigenvalue weighted by Gasteiger charge is -1.95. The molecule has 0 aliphatic carbocycles. The highest BCUT2D eigenvalue weighted by Gasteiger charge is 1.90. The molecule has 76 valence electrons. The van der Waals surface area contributed by atoms with Crippen LogP contribution in [0.4, 0.5) is 5.69 Å². The first-order valence-corrected chi connectivity index (χ1v) is 5.04. The SMILES string of the molecule is C#Cc1cccc(N=Cc2ccccc2)c1. The van der Waals surface area contributed by atoms with Gasteiger partial charge >= 0.3 is 0 Å². The Hall–Kier alpha value is -2.33. The van der Waals surface area contributed by atoms with Gasteiger partial charge < -0.3 is 0 Å². The molecule has 16 heavy (non-hydrogen) atoms. The molecule has 2 aromatic rings. The Labute approximate surface area is 95.5 Å². The number of hydrogen-bond acceptors (Lipinski definition) is 1. The Balaban J connectivity index is 2.21. The average molecular weight is 205 g/mol. The first kappa shape index (κ1) is 10.2. The van der Waals surface area contributed by atoms with Crippen molar-refractivity contribution in [1.82, 2.24) is 0 Å². The van der Waals surface area contributed by atoms with E-state index in [4.69, 9.17) is 6.42 Å². The molecule has 0 heterocycles. The molecule has 0 aliphatic rings. The molecule has 0 saturated heterocycles. The van der Waals surface area contributed by atoms with E-state index >= 15 is 0 Å². The van der Waals surface area contributed by atoms with Gasteiger partial charge in [0.05, 0.1) is 5.69 Å². The predicted molar refractivity (Wildman–Crippen MR) is 68.1 cm³/mol. The maximum Gasteiger partial charge on any atom is 0.0642 e. The van der Waals surface area contributed by atoms with Crippen LogP contribution < -0.4 is 0 Å². The molecule has 0 unspecified atom stereocenters. The normalized spacial score (nSPS) is 10.2. The third-order valence-electron chi connectivity index (χ3n) is 2.18. The summed E-state index contributed by atoms with van der Waals surface area (Å²) in [6.07, 6.45) is 7.15. The lowest BCUT2D eigenvalue weighted by atomic mass is 10.2. The van der Waals surface area contributed by atoms with Gasteiger partial charge in [0.15, 0.2) is 0 Å². The van der Waals surface area contributed by atoms with E-state index in [0.717, 1.165) is 16.8 Å². The van der Waals surface area contributed by atoms with Gasteiger partial charge in [0.25, 0.3) is 0 Å². The zero-order valence-corrected chi connectivity index (χ0v) is 8.80. The number of nitrogens with zero attached hydrogens (tertiary/aromatic N) is 1. The summed E-state index contributed by atoms with van der Waals surface area (Å²) in [6.45, 7) is 0. The van der Waals surface area contributed by atoms with Gasteiger partial charge in [0.2, 0.25) is 0 Å². The van der Waals surface area contributed by atoms with Gasteiger partial charge in [0.1, 0.15) is 0 Å². The van der Waals surface area contributed by atoms with Crippen LogP contribution in [-0.2, 0) is 0 Å².